The molecule has 0 saturated carbocycles. The van der Waals surface area contributed by atoms with E-state index in [0.717, 1.165) is 17.5 Å². The van der Waals surface area contributed by atoms with Crippen molar-refractivity contribution in [2.75, 3.05) is 13.2 Å². The van der Waals surface area contributed by atoms with Crippen LogP contribution in [0.2, 0.25) is 0 Å². The van der Waals surface area contributed by atoms with Crippen molar-refractivity contribution >= 4 is 12.1 Å². The first kappa shape index (κ1) is 23.8. The van der Waals surface area contributed by atoms with Gasteiger partial charge in [0.1, 0.15) is 18.2 Å². The Kier molecular flexibility index (Phi) is 8.82. The van der Waals surface area contributed by atoms with Gasteiger partial charge in [-0.3, -0.25) is 4.79 Å². The largest absolute Gasteiger partial charge is 0.490 e. The molecule has 0 saturated heterocycles. The summed E-state index contributed by atoms with van der Waals surface area (Å²) in [5.41, 5.74) is 4.40. The second-order valence-electron chi connectivity index (χ2n) is 7.13. The second-order valence-corrected chi connectivity index (χ2v) is 7.13. The van der Waals surface area contributed by atoms with Gasteiger partial charge in [-0.15, -0.1) is 0 Å². The maximum Gasteiger partial charge on any atom is 0.271 e. The monoisotopic (exact) mass is 450 g/mol. The molecule has 0 atom stereocenters. The minimum Gasteiger partial charge on any atom is -0.490 e. The van der Waals surface area contributed by atoms with Crippen molar-refractivity contribution in [2.45, 2.75) is 26.9 Å². The van der Waals surface area contributed by atoms with E-state index in [1.54, 1.807) is 42.5 Å². The van der Waals surface area contributed by atoms with E-state index in [9.17, 15) is 9.18 Å². The minimum atomic E-state index is -0.368. The molecule has 172 valence electrons. The third-order valence-electron chi connectivity index (χ3n) is 4.50. The first-order valence-corrected chi connectivity index (χ1v) is 10.8. The zero-order chi connectivity index (χ0) is 23.5. The lowest BCUT2D eigenvalue weighted by molar-refractivity contribution is 0.0954. The molecule has 0 aliphatic rings. The highest BCUT2D eigenvalue weighted by atomic mass is 19.1. The van der Waals surface area contributed by atoms with Crippen molar-refractivity contribution in [2.24, 2.45) is 5.10 Å². The van der Waals surface area contributed by atoms with E-state index < -0.39 is 0 Å². The van der Waals surface area contributed by atoms with Gasteiger partial charge in [0, 0.05) is 5.56 Å². The molecule has 0 aliphatic heterocycles. The predicted molar refractivity (Wildman–Crippen MR) is 126 cm³/mol. The number of benzene rings is 3. The Morgan fingerprint density at radius 2 is 1.82 bits per heavy atom. The highest BCUT2D eigenvalue weighted by Gasteiger charge is 2.11. The van der Waals surface area contributed by atoms with Gasteiger partial charge in [0.25, 0.3) is 5.91 Å². The van der Waals surface area contributed by atoms with Gasteiger partial charge in [0.05, 0.1) is 19.4 Å². The highest BCUT2D eigenvalue weighted by molar-refractivity contribution is 5.95. The summed E-state index contributed by atoms with van der Waals surface area (Å²) in [4.78, 5) is 12.5. The van der Waals surface area contributed by atoms with Gasteiger partial charge in [-0.05, 0) is 66.9 Å². The topological polar surface area (TPSA) is 69.2 Å². The second kappa shape index (κ2) is 12.2. The molecule has 3 rings (SSSR count). The number of hydrazone groups is 1. The van der Waals surface area contributed by atoms with Crippen molar-refractivity contribution in [1.82, 2.24) is 5.43 Å². The van der Waals surface area contributed by atoms with Gasteiger partial charge in [0.15, 0.2) is 11.5 Å². The maximum atomic E-state index is 13.3. The number of carbonyl (C=O) groups is 1. The zero-order valence-corrected chi connectivity index (χ0v) is 18.7. The first-order chi connectivity index (χ1) is 16.1. The molecule has 0 unspecified atom stereocenters. The van der Waals surface area contributed by atoms with Crippen LogP contribution < -0.4 is 19.6 Å². The van der Waals surface area contributed by atoms with Crippen LogP contribution in [0, 0.1) is 5.82 Å². The molecule has 33 heavy (non-hydrogen) atoms. The molecule has 3 aromatic rings. The molecule has 1 amide bonds. The number of ether oxygens (including phenoxy) is 3. The number of hydrogen-bond donors (Lipinski definition) is 1. The summed E-state index contributed by atoms with van der Waals surface area (Å²) in [7, 11) is 0. The van der Waals surface area contributed by atoms with Crippen LogP contribution in [0.1, 0.15) is 41.8 Å². The van der Waals surface area contributed by atoms with E-state index in [1.165, 1.54) is 18.3 Å². The fourth-order valence-electron chi connectivity index (χ4n) is 2.96. The fourth-order valence-corrected chi connectivity index (χ4v) is 2.96. The van der Waals surface area contributed by atoms with Crippen LogP contribution in [0.3, 0.4) is 0 Å². The smallest absolute Gasteiger partial charge is 0.271 e. The van der Waals surface area contributed by atoms with E-state index in [-0.39, 0.29) is 18.3 Å². The summed E-state index contributed by atoms with van der Waals surface area (Å²) in [5, 5.41) is 4.03. The summed E-state index contributed by atoms with van der Waals surface area (Å²) in [6.07, 6.45) is 2.40. The molecule has 3 aromatic carbocycles. The maximum absolute atomic E-state index is 13.3. The number of amides is 1. The minimum absolute atomic E-state index is 0.245. The van der Waals surface area contributed by atoms with Crippen LogP contribution in [0.5, 0.6) is 17.2 Å². The lowest BCUT2D eigenvalue weighted by Gasteiger charge is -2.12. The number of nitrogens with one attached hydrogen (secondary N) is 1. The summed E-state index contributed by atoms with van der Waals surface area (Å²) in [6.45, 7) is 5.17. The van der Waals surface area contributed by atoms with Crippen molar-refractivity contribution in [3.8, 4) is 17.2 Å². The molecule has 1 N–H and O–H groups in total. The standard InChI is InChI=1S/C26H27FN2O4/c1-3-13-32-24-12-11-21(16-25(24)31-4-2)26(30)29-28-17-19-7-6-10-23(15-19)33-18-20-8-5-9-22(27)14-20/h5-12,14-17H,3-4,13,18H2,1-2H3,(H,29,30)/b28-17+. The molecule has 0 radical (unpaired) electrons. The number of rotatable bonds is 11. The summed E-state index contributed by atoms with van der Waals surface area (Å²) in [6, 6.07) is 18.5. The van der Waals surface area contributed by atoms with Gasteiger partial charge < -0.3 is 14.2 Å². The Morgan fingerprint density at radius 1 is 0.970 bits per heavy atom. The van der Waals surface area contributed by atoms with Crippen LogP contribution >= 0.6 is 0 Å². The van der Waals surface area contributed by atoms with Gasteiger partial charge in [-0.25, -0.2) is 9.82 Å². The Labute approximate surface area is 193 Å². The van der Waals surface area contributed by atoms with Gasteiger partial charge in [-0.1, -0.05) is 31.2 Å². The Balaban J connectivity index is 1.59. The Morgan fingerprint density at radius 3 is 2.61 bits per heavy atom. The third-order valence-corrected chi connectivity index (χ3v) is 4.50. The number of hydrogen-bond acceptors (Lipinski definition) is 5. The quantitative estimate of drug-likeness (QED) is 0.316. The van der Waals surface area contributed by atoms with Crippen molar-refractivity contribution in [3.05, 3.63) is 89.2 Å². The average Bonchev–Trinajstić information content (AvgIpc) is 2.82. The molecule has 0 spiro atoms. The number of carbonyl (C=O) groups excluding carboxylic acids is 1. The van der Waals surface area contributed by atoms with E-state index >= 15 is 0 Å². The van der Waals surface area contributed by atoms with Crippen LogP contribution in [-0.4, -0.2) is 25.3 Å². The number of halogens is 1. The predicted octanol–water partition coefficient (Wildman–Crippen LogP) is 5.36. The van der Waals surface area contributed by atoms with Crippen LogP contribution in [0.15, 0.2) is 71.8 Å². The molecule has 7 heteroatoms. The van der Waals surface area contributed by atoms with Crippen molar-refractivity contribution < 1.29 is 23.4 Å². The van der Waals surface area contributed by atoms with E-state index in [2.05, 4.69) is 10.5 Å². The van der Waals surface area contributed by atoms with Crippen molar-refractivity contribution in [3.63, 3.8) is 0 Å². The SMILES string of the molecule is CCCOc1ccc(C(=O)N/N=C/c2cccc(OCc3cccc(F)c3)c2)cc1OCC. The van der Waals surface area contributed by atoms with E-state index in [1.807, 2.05) is 26.0 Å². The third kappa shape index (κ3) is 7.35. The molecule has 0 aromatic heterocycles. The van der Waals surface area contributed by atoms with Gasteiger partial charge >= 0.3 is 0 Å². The highest BCUT2D eigenvalue weighted by Crippen LogP contribution is 2.28. The van der Waals surface area contributed by atoms with Crippen LogP contribution in [0.4, 0.5) is 4.39 Å². The summed E-state index contributed by atoms with van der Waals surface area (Å²) in [5.74, 6) is 1.06. The zero-order valence-electron chi connectivity index (χ0n) is 18.7. The summed E-state index contributed by atoms with van der Waals surface area (Å²) < 4.78 is 30.3. The average molecular weight is 451 g/mol. The van der Waals surface area contributed by atoms with Crippen molar-refractivity contribution in [1.29, 1.82) is 0 Å². The van der Waals surface area contributed by atoms with Gasteiger partial charge in [-0.2, -0.15) is 5.10 Å². The lowest BCUT2D eigenvalue weighted by atomic mass is 10.2. The molecule has 0 aliphatic carbocycles. The summed E-state index contributed by atoms with van der Waals surface area (Å²) >= 11 is 0. The molecule has 0 bridgehead atoms. The van der Waals surface area contributed by atoms with E-state index in [4.69, 9.17) is 14.2 Å². The Bertz CT molecular complexity index is 1100. The normalized spacial score (nSPS) is 10.8. The molecule has 0 heterocycles. The van der Waals surface area contributed by atoms with Gasteiger partial charge in [0.2, 0.25) is 0 Å². The molecular weight excluding hydrogens is 423 g/mol. The lowest BCUT2D eigenvalue weighted by Crippen LogP contribution is -2.17. The molecule has 6 nitrogen and oxygen atoms in total. The van der Waals surface area contributed by atoms with Crippen LogP contribution in [-0.2, 0) is 6.61 Å². The Hall–Kier alpha value is -3.87. The molecular formula is C26H27FN2O4. The van der Waals surface area contributed by atoms with Crippen LogP contribution in [0.25, 0.3) is 0 Å². The van der Waals surface area contributed by atoms with E-state index in [0.29, 0.717) is 36.0 Å². The first-order valence-electron chi connectivity index (χ1n) is 10.8. The number of nitrogens with zero attached hydrogens (tertiary/aromatic N) is 1. The molecule has 0 fully saturated rings. The fraction of sp³-hybridized carbons (Fsp3) is 0.231.